The van der Waals surface area contributed by atoms with Gasteiger partial charge in [-0.2, -0.15) is 0 Å². The van der Waals surface area contributed by atoms with E-state index in [-0.39, 0.29) is 5.69 Å². The molecule has 0 saturated heterocycles. The molecular weight excluding hydrogens is 282 g/mol. The molecule has 0 saturated carbocycles. The Bertz CT molecular complexity index is 587. The van der Waals surface area contributed by atoms with Crippen molar-refractivity contribution in [3.05, 3.63) is 56.7 Å². The van der Waals surface area contributed by atoms with Gasteiger partial charge in [-0.15, -0.1) is 0 Å². The number of benzene rings is 1. The SMILES string of the molecule is Cc1cnc(=O)n(Cc2cc(N)cc(Br)c2)c1. The first kappa shape index (κ1) is 11.9. The fourth-order valence-electron chi connectivity index (χ4n) is 1.64. The Balaban J connectivity index is 2.37. The van der Waals surface area contributed by atoms with E-state index in [9.17, 15) is 4.79 Å². The number of nitrogens with two attached hydrogens (primary N) is 1. The Morgan fingerprint density at radius 3 is 2.88 bits per heavy atom. The number of anilines is 1. The molecule has 0 amide bonds. The highest BCUT2D eigenvalue weighted by molar-refractivity contribution is 9.10. The number of rotatable bonds is 2. The van der Waals surface area contributed by atoms with Crippen molar-refractivity contribution in [2.75, 3.05) is 5.73 Å². The van der Waals surface area contributed by atoms with Gasteiger partial charge in [-0.25, -0.2) is 9.78 Å². The van der Waals surface area contributed by atoms with Crippen LogP contribution in [-0.2, 0) is 6.54 Å². The zero-order valence-corrected chi connectivity index (χ0v) is 10.9. The summed E-state index contributed by atoms with van der Waals surface area (Å²) >= 11 is 3.38. The van der Waals surface area contributed by atoms with Crippen LogP contribution in [0.3, 0.4) is 0 Å². The molecule has 2 rings (SSSR count). The lowest BCUT2D eigenvalue weighted by molar-refractivity contribution is 0.721. The van der Waals surface area contributed by atoms with Crippen molar-refractivity contribution in [2.45, 2.75) is 13.5 Å². The lowest BCUT2D eigenvalue weighted by Crippen LogP contribution is -2.22. The van der Waals surface area contributed by atoms with Crippen molar-refractivity contribution in [1.82, 2.24) is 9.55 Å². The minimum absolute atomic E-state index is 0.255. The molecule has 17 heavy (non-hydrogen) atoms. The molecule has 0 spiro atoms. The van der Waals surface area contributed by atoms with Crippen LogP contribution in [-0.4, -0.2) is 9.55 Å². The third-order valence-corrected chi connectivity index (χ3v) is 2.77. The van der Waals surface area contributed by atoms with E-state index >= 15 is 0 Å². The summed E-state index contributed by atoms with van der Waals surface area (Å²) in [7, 11) is 0. The van der Waals surface area contributed by atoms with Gasteiger partial charge in [0.2, 0.25) is 0 Å². The summed E-state index contributed by atoms with van der Waals surface area (Å²) in [6.07, 6.45) is 3.35. The van der Waals surface area contributed by atoms with Gasteiger partial charge >= 0.3 is 5.69 Å². The quantitative estimate of drug-likeness (QED) is 0.861. The maximum absolute atomic E-state index is 11.6. The van der Waals surface area contributed by atoms with Crippen LogP contribution in [0, 0.1) is 6.92 Å². The molecule has 0 atom stereocenters. The molecule has 0 radical (unpaired) electrons. The van der Waals surface area contributed by atoms with Gasteiger partial charge in [0.1, 0.15) is 0 Å². The number of halogens is 1. The minimum Gasteiger partial charge on any atom is -0.399 e. The van der Waals surface area contributed by atoms with Crippen LogP contribution >= 0.6 is 15.9 Å². The fraction of sp³-hybridized carbons (Fsp3) is 0.167. The smallest absolute Gasteiger partial charge is 0.347 e. The fourth-order valence-corrected chi connectivity index (χ4v) is 2.20. The van der Waals surface area contributed by atoms with Gasteiger partial charge in [0.05, 0.1) is 6.54 Å². The molecule has 1 aromatic heterocycles. The van der Waals surface area contributed by atoms with Crippen LogP contribution < -0.4 is 11.4 Å². The third-order valence-electron chi connectivity index (χ3n) is 2.32. The largest absolute Gasteiger partial charge is 0.399 e. The van der Waals surface area contributed by atoms with E-state index in [0.29, 0.717) is 12.2 Å². The number of aryl methyl sites for hydroxylation is 1. The summed E-state index contributed by atoms with van der Waals surface area (Å²) in [5.74, 6) is 0. The maximum Gasteiger partial charge on any atom is 0.347 e. The Labute approximate surface area is 107 Å². The lowest BCUT2D eigenvalue weighted by Gasteiger charge is -2.07. The van der Waals surface area contributed by atoms with Crippen molar-refractivity contribution in [3.63, 3.8) is 0 Å². The number of hydrogen-bond donors (Lipinski definition) is 1. The highest BCUT2D eigenvalue weighted by atomic mass is 79.9. The zero-order chi connectivity index (χ0) is 12.4. The molecule has 0 fully saturated rings. The molecule has 0 aliphatic heterocycles. The second kappa shape index (κ2) is 4.71. The maximum atomic E-state index is 11.6. The molecular formula is C12H12BrN3O. The molecule has 0 unspecified atom stereocenters. The van der Waals surface area contributed by atoms with Crippen LogP contribution in [0.25, 0.3) is 0 Å². The molecule has 1 heterocycles. The van der Waals surface area contributed by atoms with Gasteiger partial charge in [0.15, 0.2) is 0 Å². The standard InChI is InChI=1S/C12H12BrN3O/c1-8-5-15-12(17)16(6-8)7-9-2-10(13)4-11(14)3-9/h2-6H,7,14H2,1H3. The van der Waals surface area contributed by atoms with Crippen molar-refractivity contribution >= 4 is 21.6 Å². The van der Waals surface area contributed by atoms with E-state index in [4.69, 9.17) is 5.73 Å². The van der Waals surface area contributed by atoms with Gasteiger partial charge in [-0.05, 0) is 36.2 Å². The molecule has 1 aromatic carbocycles. The van der Waals surface area contributed by atoms with Crippen LogP contribution in [0.2, 0.25) is 0 Å². The molecule has 2 N–H and O–H groups in total. The number of nitrogen functional groups attached to an aromatic ring is 1. The summed E-state index contributed by atoms with van der Waals surface area (Å²) in [4.78, 5) is 15.3. The van der Waals surface area contributed by atoms with Crippen molar-refractivity contribution in [3.8, 4) is 0 Å². The van der Waals surface area contributed by atoms with Crippen LogP contribution in [0.5, 0.6) is 0 Å². The molecule has 0 bridgehead atoms. The highest BCUT2D eigenvalue weighted by Gasteiger charge is 2.01. The summed E-state index contributed by atoms with van der Waals surface area (Å²) < 4.78 is 2.47. The molecule has 0 aliphatic rings. The number of hydrogen-bond acceptors (Lipinski definition) is 3. The topological polar surface area (TPSA) is 60.9 Å². The molecule has 0 aliphatic carbocycles. The Morgan fingerprint density at radius 1 is 1.41 bits per heavy atom. The average Bonchev–Trinajstić information content (AvgIpc) is 2.22. The Hall–Kier alpha value is -1.62. The van der Waals surface area contributed by atoms with Crippen LogP contribution in [0.1, 0.15) is 11.1 Å². The highest BCUT2D eigenvalue weighted by Crippen LogP contribution is 2.17. The molecule has 4 nitrogen and oxygen atoms in total. The molecule has 2 aromatic rings. The Morgan fingerprint density at radius 2 is 2.18 bits per heavy atom. The van der Waals surface area contributed by atoms with E-state index in [2.05, 4.69) is 20.9 Å². The van der Waals surface area contributed by atoms with E-state index in [1.807, 2.05) is 25.1 Å². The zero-order valence-electron chi connectivity index (χ0n) is 9.35. The van der Waals surface area contributed by atoms with Gasteiger partial charge in [0.25, 0.3) is 0 Å². The number of nitrogens with zero attached hydrogens (tertiary/aromatic N) is 2. The van der Waals surface area contributed by atoms with Gasteiger partial charge in [-0.1, -0.05) is 15.9 Å². The van der Waals surface area contributed by atoms with Gasteiger partial charge < -0.3 is 5.73 Å². The van der Waals surface area contributed by atoms with Crippen molar-refractivity contribution in [1.29, 1.82) is 0 Å². The first-order valence-electron chi connectivity index (χ1n) is 5.12. The van der Waals surface area contributed by atoms with E-state index < -0.39 is 0 Å². The summed E-state index contributed by atoms with van der Waals surface area (Å²) in [6, 6.07) is 5.60. The van der Waals surface area contributed by atoms with E-state index in [1.165, 1.54) is 0 Å². The first-order valence-corrected chi connectivity index (χ1v) is 5.92. The monoisotopic (exact) mass is 293 g/mol. The average molecular weight is 294 g/mol. The summed E-state index contributed by atoms with van der Waals surface area (Å²) in [5.41, 5.74) is 8.08. The minimum atomic E-state index is -0.255. The van der Waals surface area contributed by atoms with Gasteiger partial charge in [0, 0.05) is 22.6 Å². The van der Waals surface area contributed by atoms with Crippen molar-refractivity contribution < 1.29 is 0 Å². The van der Waals surface area contributed by atoms with Crippen LogP contribution in [0.15, 0.2) is 39.9 Å². The van der Waals surface area contributed by atoms with Crippen molar-refractivity contribution in [2.24, 2.45) is 0 Å². The number of aromatic nitrogens is 2. The first-order chi connectivity index (χ1) is 8.04. The predicted molar refractivity (Wildman–Crippen MR) is 70.9 cm³/mol. The molecule has 5 heteroatoms. The summed E-state index contributed by atoms with van der Waals surface area (Å²) in [6.45, 7) is 2.37. The van der Waals surface area contributed by atoms with E-state index in [1.54, 1.807) is 17.0 Å². The summed E-state index contributed by atoms with van der Waals surface area (Å²) in [5, 5.41) is 0. The molecule has 88 valence electrons. The van der Waals surface area contributed by atoms with E-state index in [0.717, 1.165) is 15.6 Å². The second-order valence-corrected chi connectivity index (χ2v) is 4.85. The second-order valence-electron chi connectivity index (χ2n) is 3.93. The normalized spacial score (nSPS) is 10.5. The van der Waals surface area contributed by atoms with Gasteiger partial charge in [-0.3, -0.25) is 4.57 Å². The lowest BCUT2D eigenvalue weighted by atomic mass is 10.2. The third kappa shape index (κ3) is 2.94. The van der Waals surface area contributed by atoms with Crippen LogP contribution in [0.4, 0.5) is 5.69 Å². The predicted octanol–water partition coefficient (Wildman–Crippen LogP) is 1.94. The Kier molecular flexibility index (Phi) is 3.28.